The van der Waals surface area contributed by atoms with Crippen molar-refractivity contribution in [1.82, 2.24) is 4.90 Å². The van der Waals surface area contributed by atoms with E-state index in [4.69, 9.17) is 16.3 Å². The molecule has 0 radical (unpaired) electrons. The Labute approximate surface area is 142 Å². The van der Waals surface area contributed by atoms with E-state index >= 15 is 0 Å². The molecule has 5 heteroatoms. The maximum atomic E-state index is 14.3. The van der Waals surface area contributed by atoms with Crippen molar-refractivity contribution in [3.05, 3.63) is 46.8 Å². The van der Waals surface area contributed by atoms with E-state index in [0.29, 0.717) is 17.0 Å². The van der Waals surface area contributed by atoms with Crippen LogP contribution < -0.4 is 0 Å². The Morgan fingerprint density at radius 3 is 2.61 bits per heavy atom. The Balaban J connectivity index is 2.39. The summed E-state index contributed by atoms with van der Waals surface area (Å²) in [5, 5.41) is 0.448. The molecule has 1 fully saturated rings. The lowest BCUT2D eigenvalue weighted by atomic mass is 10.0. The first-order valence-electron chi connectivity index (χ1n) is 7.72. The summed E-state index contributed by atoms with van der Waals surface area (Å²) in [6.07, 6.45) is 0.923. The van der Waals surface area contributed by atoms with Crippen molar-refractivity contribution in [2.24, 2.45) is 0 Å². The van der Waals surface area contributed by atoms with Crippen LogP contribution in [0.3, 0.4) is 0 Å². The van der Waals surface area contributed by atoms with E-state index in [1.807, 2.05) is 27.7 Å². The second-order valence-electron chi connectivity index (χ2n) is 7.01. The summed E-state index contributed by atoms with van der Waals surface area (Å²) < 4.78 is 19.8. The maximum absolute atomic E-state index is 14.3. The highest BCUT2D eigenvalue weighted by Gasteiger charge is 2.41. The minimum atomic E-state index is -0.614. The number of ether oxygens (including phenoxy) is 1. The molecule has 126 valence electrons. The van der Waals surface area contributed by atoms with Crippen molar-refractivity contribution < 1.29 is 13.9 Å². The SMILES string of the molecule is C=C(C)[C@H]1CC[C@@H](c2cc(Cl)ccc2F)N1C(=O)OC(C)(C)C. The van der Waals surface area contributed by atoms with E-state index in [0.717, 1.165) is 12.0 Å². The number of hydrogen-bond donors (Lipinski definition) is 0. The monoisotopic (exact) mass is 339 g/mol. The number of rotatable bonds is 2. The molecule has 0 unspecified atom stereocenters. The van der Waals surface area contributed by atoms with Gasteiger partial charge in [-0.3, -0.25) is 4.90 Å². The molecular formula is C18H23ClFNO2. The van der Waals surface area contributed by atoms with Gasteiger partial charge in [0.15, 0.2) is 0 Å². The van der Waals surface area contributed by atoms with Crippen LogP contribution in [0.1, 0.15) is 52.1 Å². The zero-order chi connectivity index (χ0) is 17.4. The van der Waals surface area contributed by atoms with Gasteiger partial charge in [0.05, 0.1) is 12.1 Å². The summed E-state index contributed by atoms with van der Waals surface area (Å²) in [4.78, 5) is 14.3. The highest BCUT2D eigenvalue weighted by molar-refractivity contribution is 6.30. The molecule has 23 heavy (non-hydrogen) atoms. The molecule has 0 saturated carbocycles. The largest absolute Gasteiger partial charge is 0.444 e. The molecule has 1 aromatic carbocycles. The Bertz CT molecular complexity index is 624. The standard InChI is InChI=1S/C18H23ClFNO2/c1-11(2)15-8-9-16(13-10-12(19)6-7-14(13)20)21(15)17(22)23-18(3,4)5/h6-7,10,15-16H,1,8-9H2,2-5H3/t15-,16+/m1/s1. The Kier molecular flexibility index (Phi) is 5.04. The first-order chi connectivity index (χ1) is 10.6. The lowest BCUT2D eigenvalue weighted by Crippen LogP contribution is -2.41. The molecule has 1 aromatic rings. The lowest BCUT2D eigenvalue weighted by molar-refractivity contribution is 0.0168. The maximum Gasteiger partial charge on any atom is 0.411 e. The van der Waals surface area contributed by atoms with E-state index < -0.39 is 17.7 Å². The normalized spacial score (nSPS) is 21.4. The van der Waals surface area contributed by atoms with E-state index in [2.05, 4.69) is 6.58 Å². The summed E-state index contributed by atoms with van der Waals surface area (Å²) in [7, 11) is 0. The van der Waals surface area contributed by atoms with Gasteiger partial charge in [0.1, 0.15) is 11.4 Å². The number of halogens is 2. The smallest absolute Gasteiger partial charge is 0.411 e. The second kappa shape index (κ2) is 6.52. The molecule has 1 aliphatic rings. The number of likely N-dealkylation sites (tertiary alicyclic amines) is 1. The summed E-state index contributed by atoms with van der Waals surface area (Å²) in [6, 6.07) is 3.86. The minimum Gasteiger partial charge on any atom is -0.444 e. The van der Waals surface area contributed by atoms with Crippen LogP contribution in [0.5, 0.6) is 0 Å². The van der Waals surface area contributed by atoms with Gasteiger partial charge in [-0.05, 0) is 58.7 Å². The van der Waals surface area contributed by atoms with Crippen LogP contribution in [-0.4, -0.2) is 22.6 Å². The van der Waals surface area contributed by atoms with Gasteiger partial charge in [-0.15, -0.1) is 0 Å². The molecule has 1 aliphatic heterocycles. The van der Waals surface area contributed by atoms with Crippen molar-refractivity contribution in [2.45, 2.75) is 58.2 Å². The molecule has 3 nitrogen and oxygen atoms in total. The Hall–Kier alpha value is -1.55. The predicted molar refractivity (Wildman–Crippen MR) is 90.1 cm³/mol. The van der Waals surface area contributed by atoms with Gasteiger partial charge < -0.3 is 4.74 Å². The number of amides is 1. The Morgan fingerprint density at radius 1 is 1.39 bits per heavy atom. The number of nitrogens with zero attached hydrogens (tertiary/aromatic N) is 1. The van der Waals surface area contributed by atoms with Gasteiger partial charge >= 0.3 is 6.09 Å². The molecule has 0 N–H and O–H groups in total. The van der Waals surface area contributed by atoms with Crippen molar-refractivity contribution in [2.75, 3.05) is 0 Å². The fourth-order valence-electron chi connectivity index (χ4n) is 2.94. The van der Waals surface area contributed by atoms with Crippen molar-refractivity contribution >= 4 is 17.7 Å². The van der Waals surface area contributed by atoms with Crippen molar-refractivity contribution in [1.29, 1.82) is 0 Å². The third-order valence-corrected chi connectivity index (χ3v) is 4.11. The molecule has 1 saturated heterocycles. The number of carbonyl (C=O) groups is 1. The van der Waals surface area contributed by atoms with Crippen LogP contribution in [0.15, 0.2) is 30.4 Å². The second-order valence-corrected chi connectivity index (χ2v) is 7.45. The summed E-state index contributed by atoms with van der Waals surface area (Å²) >= 11 is 6.01. The topological polar surface area (TPSA) is 29.5 Å². The van der Waals surface area contributed by atoms with Gasteiger partial charge in [0.2, 0.25) is 0 Å². The van der Waals surface area contributed by atoms with Crippen LogP contribution >= 0.6 is 11.6 Å². The zero-order valence-electron chi connectivity index (χ0n) is 14.0. The quantitative estimate of drug-likeness (QED) is 0.666. The van der Waals surface area contributed by atoms with Crippen LogP contribution in [0.25, 0.3) is 0 Å². The number of benzene rings is 1. The van der Waals surface area contributed by atoms with Gasteiger partial charge in [-0.25, -0.2) is 9.18 Å². The van der Waals surface area contributed by atoms with Gasteiger partial charge in [-0.2, -0.15) is 0 Å². The average Bonchev–Trinajstić information content (AvgIpc) is 2.84. The summed E-state index contributed by atoms with van der Waals surface area (Å²) in [5.41, 5.74) is 0.671. The van der Waals surface area contributed by atoms with Crippen LogP contribution in [0.2, 0.25) is 5.02 Å². The highest BCUT2D eigenvalue weighted by atomic mass is 35.5. The predicted octanol–water partition coefficient (Wildman–Crippen LogP) is 5.50. The molecule has 1 amide bonds. The van der Waals surface area contributed by atoms with E-state index in [1.165, 1.54) is 12.1 Å². The third kappa shape index (κ3) is 4.05. The van der Waals surface area contributed by atoms with E-state index in [1.54, 1.807) is 11.0 Å². The molecule has 1 heterocycles. The van der Waals surface area contributed by atoms with Crippen LogP contribution in [0.4, 0.5) is 9.18 Å². The average molecular weight is 340 g/mol. The molecule has 2 rings (SSSR count). The zero-order valence-corrected chi connectivity index (χ0v) is 14.8. The summed E-state index contributed by atoms with van der Waals surface area (Å²) in [5.74, 6) is -0.365. The van der Waals surface area contributed by atoms with Crippen LogP contribution in [-0.2, 0) is 4.74 Å². The number of hydrogen-bond acceptors (Lipinski definition) is 2. The molecule has 0 spiro atoms. The third-order valence-electron chi connectivity index (χ3n) is 3.88. The minimum absolute atomic E-state index is 0.159. The van der Waals surface area contributed by atoms with Gasteiger partial charge in [-0.1, -0.05) is 23.8 Å². The molecule has 0 aromatic heterocycles. The summed E-state index contributed by atoms with van der Waals surface area (Å²) in [6.45, 7) is 11.3. The Morgan fingerprint density at radius 2 is 2.04 bits per heavy atom. The molecule has 0 bridgehead atoms. The number of carbonyl (C=O) groups excluding carboxylic acids is 1. The van der Waals surface area contributed by atoms with Crippen molar-refractivity contribution in [3.63, 3.8) is 0 Å². The van der Waals surface area contributed by atoms with Crippen LogP contribution in [0, 0.1) is 5.82 Å². The van der Waals surface area contributed by atoms with Gasteiger partial charge in [0.25, 0.3) is 0 Å². The molecular weight excluding hydrogens is 317 g/mol. The van der Waals surface area contributed by atoms with E-state index in [-0.39, 0.29) is 11.9 Å². The lowest BCUT2D eigenvalue weighted by Gasteiger charge is -2.33. The fraction of sp³-hybridized carbons (Fsp3) is 0.500. The van der Waals surface area contributed by atoms with E-state index in [9.17, 15) is 9.18 Å². The highest BCUT2D eigenvalue weighted by Crippen LogP contribution is 2.41. The molecule has 2 atom stereocenters. The first-order valence-corrected chi connectivity index (χ1v) is 8.09. The fourth-order valence-corrected chi connectivity index (χ4v) is 3.12. The molecule has 0 aliphatic carbocycles. The van der Waals surface area contributed by atoms with Crippen molar-refractivity contribution in [3.8, 4) is 0 Å². The first kappa shape index (κ1) is 17.8. The van der Waals surface area contributed by atoms with Gasteiger partial charge in [0, 0.05) is 10.6 Å².